The van der Waals surface area contributed by atoms with E-state index < -0.39 is 8.32 Å². The average Bonchev–Trinajstić information content (AvgIpc) is 3.45. The van der Waals surface area contributed by atoms with E-state index in [0.29, 0.717) is 23.2 Å². The van der Waals surface area contributed by atoms with Crippen LogP contribution >= 0.6 is 15.9 Å². The van der Waals surface area contributed by atoms with E-state index in [-0.39, 0.29) is 11.2 Å². The topological polar surface area (TPSA) is 72.6 Å². The van der Waals surface area contributed by atoms with Gasteiger partial charge in [0.05, 0.1) is 29.9 Å². The van der Waals surface area contributed by atoms with Crippen LogP contribution in [0.1, 0.15) is 81.8 Å². The SMILES string of the molecule is Cc1nc(N2CCC3(CC2)Cc2nc(CO[Si](C(C)C)(C(C)C)C(C)C)ccc2C3=O)c2ccnn2c1Br. The van der Waals surface area contributed by atoms with Gasteiger partial charge >= 0.3 is 0 Å². The van der Waals surface area contributed by atoms with E-state index in [1.54, 1.807) is 6.20 Å². The van der Waals surface area contributed by atoms with E-state index in [1.165, 1.54) is 0 Å². The molecule has 9 heteroatoms. The van der Waals surface area contributed by atoms with Gasteiger partial charge in [0.2, 0.25) is 8.32 Å². The Balaban J connectivity index is 1.32. The number of fused-ring (bicyclic) bond motifs is 2. The number of carbonyl (C=O) groups is 1. The number of nitrogens with zero attached hydrogens (tertiary/aromatic N) is 5. The van der Waals surface area contributed by atoms with Crippen molar-refractivity contribution in [3.8, 4) is 0 Å². The molecule has 0 atom stereocenters. The second-order valence-corrected chi connectivity index (χ2v) is 18.3. The van der Waals surface area contributed by atoms with Crippen molar-refractivity contribution in [2.24, 2.45) is 5.41 Å². The van der Waals surface area contributed by atoms with Gasteiger partial charge in [-0.3, -0.25) is 9.78 Å². The lowest BCUT2D eigenvalue weighted by molar-refractivity contribution is 0.0774. The lowest BCUT2D eigenvalue weighted by atomic mass is 9.75. The maximum atomic E-state index is 13.7. The number of aromatic nitrogens is 4. The number of carbonyl (C=O) groups excluding carboxylic acids is 1. The highest BCUT2D eigenvalue weighted by atomic mass is 79.9. The van der Waals surface area contributed by atoms with Crippen molar-refractivity contribution >= 4 is 41.4 Å². The predicted octanol–water partition coefficient (Wildman–Crippen LogP) is 6.91. The van der Waals surface area contributed by atoms with Gasteiger partial charge in [0.1, 0.15) is 10.1 Å². The fraction of sp³-hybridized carbons (Fsp3) is 0.586. The monoisotopic (exact) mass is 597 g/mol. The summed E-state index contributed by atoms with van der Waals surface area (Å²) in [6, 6.07) is 6.01. The molecule has 0 aromatic carbocycles. The second kappa shape index (κ2) is 10.1. The number of hydrogen-bond acceptors (Lipinski definition) is 6. The summed E-state index contributed by atoms with van der Waals surface area (Å²) in [5.41, 5.74) is 5.80. The van der Waals surface area contributed by atoms with E-state index in [1.807, 2.05) is 29.6 Å². The number of anilines is 1. The standard InChI is InChI=1S/C29H40BrN5O2Si/c1-18(2)38(19(3)4,20(5)6)37-17-22-8-9-23-24(33-22)16-29(26(23)36)11-14-34(15-12-29)28-25-10-13-31-35(25)27(30)21(7)32-28/h8-10,13,18-20H,11-12,14-17H2,1-7H3. The van der Waals surface area contributed by atoms with E-state index in [4.69, 9.17) is 14.4 Å². The van der Waals surface area contributed by atoms with Gasteiger partial charge in [-0.25, -0.2) is 9.50 Å². The fourth-order valence-corrected chi connectivity index (χ4v) is 13.0. The van der Waals surface area contributed by atoms with E-state index in [0.717, 1.165) is 70.9 Å². The van der Waals surface area contributed by atoms with Crippen molar-refractivity contribution in [2.75, 3.05) is 18.0 Å². The first kappa shape index (κ1) is 27.5. The first-order valence-electron chi connectivity index (χ1n) is 13.9. The molecular weight excluding hydrogens is 558 g/mol. The summed E-state index contributed by atoms with van der Waals surface area (Å²) in [7, 11) is -1.98. The van der Waals surface area contributed by atoms with Crippen molar-refractivity contribution in [1.29, 1.82) is 0 Å². The van der Waals surface area contributed by atoms with Crippen molar-refractivity contribution in [3.05, 3.63) is 51.6 Å². The van der Waals surface area contributed by atoms with Crippen molar-refractivity contribution < 1.29 is 9.22 Å². The average molecular weight is 599 g/mol. The Labute approximate surface area is 235 Å². The Morgan fingerprint density at radius 1 is 1.03 bits per heavy atom. The maximum absolute atomic E-state index is 13.7. The van der Waals surface area contributed by atoms with Gasteiger partial charge in [-0.2, -0.15) is 5.10 Å². The van der Waals surface area contributed by atoms with E-state index in [9.17, 15) is 4.79 Å². The molecule has 2 aliphatic rings. The highest BCUT2D eigenvalue weighted by Crippen LogP contribution is 2.46. The van der Waals surface area contributed by atoms with Gasteiger partial charge in [0.25, 0.3) is 0 Å². The first-order chi connectivity index (χ1) is 18.0. The van der Waals surface area contributed by atoms with Crippen LogP contribution in [0, 0.1) is 12.3 Å². The number of piperidine rings is 1. The quantitative estimate of drug-likeness (QED) is 0.275. The van der Waals surface area contributed by atoms with E-state index >= 15 is 0 Å². The third kappa shape index (κ3) is 4.34. The van der Waals surface area contributed by atoms with Gasteiger partial charge in [-0.05, 0) is 70.5 Å². The molecule has 1 aliphatic carbocycles. The molecule has 38 heavy (non-hydrogen) atoms. The van der Waals surface area contributed by atoms with Crippen LogP contribution in [0.15, 0.2) is 29.0 Å². The number of aryl methyl sites for hydroxylation is 1. The first-order valence-corrected chi connectivity index (χ1v) is 16.9. The van der Waals surface area contributed by atoms with Crippen molar-refractivity contribution in [3.63, 3.8) is 0 Å². The minimum atomic E-state index is -1.98. The van der Waals surface area contributed by atoms with Crippen LogP contribution in [0.2, 0.25) is 16.6 Å². The summed E-state index contributed by atoms with van der Waals surface area (Å²) in [6.45, 7) is 17.9. The summed E-state index contributed by atoms with van der Waals surface area (Å²) in [5, 5.41) is 4.44. The zero-order chi connectivity index (χ0) is 27.4. The molecule has 1 fully saturated rings. The predicted molar refractivity (Wildman–Crippen MR) is 157 cm³/mol. The molecule has 0 N–H and O–H groups in total. The van der Waals surface area contributed by atoms with Crippen LogP contribution in [0.25, 0.3) is 5.52 Å². The summed E-state index contributed by atoms with van der Waals surface area (Å²) in [6.07, 6.45) is 4.12. The largest absolute Gasteiger partial charge is 0.410 e. The van der Waals surface area contributed by atoms with Crippen LogP contribution in [-0.2, 0) is 17.5 Å². The number of Topliss-reactive ketones (excluding diaryl/α,β-unsaturated/α-hetero) is 1. The third-order valence-corrected chi connectivity index (χ3v) is 16.1. The second-order valence-electron chi connectivity index (χ2n) is 12.1. The fourth-order valence-electron chi connectivity index (χ4n) is 7.18. The van der Waals surface area contributed by atoms with Gasteiger partial charge in [0.15, 0.2) is 11.6 Å². The minimum absolute atomic E-state index is 0.261. The molecule has 0 bridgehead atoms. The smallest absolute Gasteiger partial charge is 0.200 e. The normalized spacial score (nSPS) is 17.6. The Hall–Kier alpha value is -2.10. The number of pyridine rings is 1. The summed E-state index contributed by atoms with van der Waals surface area (Å²) < 4.78 is 9.56. The Morgan fingerprint density at radius 3 is 2.32 bits per heavy atom. The molecule has 0 unspecified atom stereocenters. The molecule has 1 saturated heterocycles. The molecule has 1 spiro atoms. The molecular formula is C29H40BrN5O2Si. The summed E-state index contributed by atoms with van der Waals surface area (Å²) in [4.78, 5) is 25.8. The molecule has 0 saturated carbocycles. The van der Waals surface area contributed by atoms with Gasteiger partial charge in [-0.1, -0.05) is 41.5 Å². The van der Waals surface area contributed by atoms with Crippen LogP contribution in [0.5, 0.6) is 0 Å². The Bertz CT molecular complexity index is 1340. The van der Waals surface area contributed by atoms with E-state index in [2.05, 4.69) is 67.5 Å². The van der Waals surface area contributed by atoms with Crippen molar-refractivity contribution in [1.82, 2.24) is 19.6 Å². The van der Waals surface area contributed by atoms with Crippen LogP contribution in [0.3, 0.4) is 0 Å². The molecule has 7 nitrogen and oxygen atoms in total. The molecule has 1 aliphatic heterocycles. The third-order valence-electron chi connectivity index (χ3n) is 9.09. The molecule has 3 aromatic heterocycles. The van der Waals surface area contributed by atoms with Gasteiger partial charge in [-0.15, -0.1) is 0 Å². The number of rotatable bonds is 7. The highest BCUT2D eigenvalue weighted by Gasteiger charge is 2.49. The molecule has 0 amide bonds. The summed E-state index contributed by atoms with van der Waals surface area (Å²) >= 11 is 3.60. The molecule has 4 heterocycles. The van der Waals surface area contributed by atoms with Gasteiger partial charge in [0, 0.05) is 30.5 Å². The number of ketones is 1. The Morgan fingerprint density at radius 2 is 1.68 bits per heavy atom. The van der Waals surface area contributed by atoms with Crippen LogP contribution in [0.4, 0.5) is 5.82 Å². The lowest BCUT2D eigenvalue weighted by Crippen LogP contribution is -2.47. The molecule has 5 rings (SSSR count). The van der Waals surface area contributed by atoms with Crippen molar-refractivity contribution in [2.45, 2.75) is 91.0 Å². The highest BCUT2D eigenvalue weighted by molar-refractivity contribution is 9.10. The van der Waals surface area contributed by atoms with Crippen LogP contribution in [-0.4, -0.2) is 46.8 Å². The van der Waals surface area contributed by atoms with Crippen LogP contribution < -0.4 is 4.90 Å². The molecule has 0 radical (unpaired) electrons. The zero-order valence-corrected chi connectivity index (χ0v) is 26.3. The number of hydrogen-bond donors (Lipinski definition) is 0. The van der Waals surface area contributed by atoms with Gasteiger partial charge < -0.3 is 9.33 Å². The number of halogens is 1. The Kier molecular flexibility index (Phi) is 7.33. The molecule has 204 valence electrons. The minimum Gasteiger partial charge on any atom is -0.410 e. The molecule has 3 aromatic rings. The summed E-state index contributed by atoms with van der Waals surface area (Å²) in [5.74, 6) is 1.20. The lowest BCUT2D eigenvalue weighted by Gasteiger charge is -2.42. The maximum Gasteiger partial charge on any atom is 0.200 e. The zero-order valence-electron chi connectivity index (χ0n) is 23.7.